The van der Waals surface area contributed by atoms with Crippen LogP contribution in [-0.4, -0.2) is 30.4 Å². The molecule has 0 spiro atoms. The Hall–Kier alpha value is -1.46. The molecule has 114 valence electrons. The van der Waals surface area contributed by atoms with E-state index in [0.717, 1.165) is 31.5 Å². The van der Waals surface area contributed by atoms with Crippen LogP contribution in [-0.2, 0) is 4.79 Å². The molecule has 2 aliphatic heterocycles. The van der Waals surface area contributed by atoms with Crippen molar-refractivity contribution in [2.75, 3.05) is 19.6 Å². The number of halogens is 1. The first-order valence-electron chi connectivity index (χ1n) is 7.68. The zero-order valence-corrected chi connectivity index (χ0v) is 12.3. The summed E-state index contributed by atoms with van der Waals surface area (Å²) in [6.07, 6.45) is 2.17. The number of rotatable bonds is 2. The van der Waals surface area contributed by atoms with Gasteiger partial charge in [-0.1, -0.05) is 19.1 Å². The zero-order valence-electron chi connectivity index (χ0n) is 12.3. The number of nitrogens with zero attached hydrogens (tertiary/aromatic N) is 1. The normalized spacial score (nSPS) is 27.0. The molecule has 0 aromatic heterocycles. The highest BCUT2D eigenvalue weighted by Gasteiger charge is 2.37. The van der Waals surface area contributed by atoms with E-state index in [9.17, 15) is 9.18 Å². The molecule has 2 unspecified atom stereocenters. The van der Waals surface area contributed by atoms with Crippen LogP contribution in [0.5, 0.6) is 0 Å². The Labute approximate surface area is 124 Å². The van der Waals surface area contributed by atoms with Gasteiger partial charge in [0.15, 0.2) is 0 Å². The molecule has 3 rings (SSSR count). The molecule has 4 nitrogen and oxygen atoms in total. The second-order valence-corrected chi connectivity index (χ2v) is 6.17. The number of likely N-dealkylation sites (tertiary alicyclic amines) is 1. The van der Waals surface area contributed by atoms with Crippen LogP contribution >= 0.6 is 0 Å². The van der Waals surface area contributed by atoms with Gasteiger partial charge in [-0.2, -0.15) is 0 Å². The van der Waals surface area contributed by atoms with E-state index in [1.165, 1.54) is 12.1 Å². The minimum absolute atomic E-state index is 0.0857. The van der Waals surface area contributed by atoms with E-state index in [1.54, 1.807) is 12.1 Å². The lowest BCUT2D eigenvalue weighted by Crippen LogP contribution is -2.43. The van der Waals surface area contributed by atoms with Crippen LogP contribution in [0.2, 0.25) is 0 Å². The number of hydrazine groups is 1. The van der Waals surface area contributed by atoms with Crippen LogP contribution in [0.25, 0.3) is 0 Å². The first kappa shape index (κ1) is 14.5. The third-order valence-corrected chi connectivity index (χ3v) is 4.62. The lowest BCUT2D eigenvalue weighted by atomic mass is 9.92. The van der Waals surface area contributed by atoms with Crippen molar-refractivity contribution in [3.05, 3.63) is 35.6 Å². The van der Waals surface area contributed by atoms with Crippen molar-refractivity contribution in [1.29, 1.82) is 0 Å². The van der Waals surface area contributed by atoms with Crippen molar-refractivity contribution in [3.63, 3.8) is 0 Å². The molecule has 5 heteroatoms. The Balaban J connectivity index is 1.71. The summed E-state index contributed by atoms with van der Waals surface area (Å²) in [6.45, 7) is 4.56. The molecule has 1 aromatic carbocycles. The van der Waals surface area contributed by atoms with Gasteiger partial charge in [0.2, 0.25) is 5.91 Å². The van der Waals surface area contributed by atoms with Gasteiger partial charge in [0, 0.05) is 19.6 Å². The van der Waals surface area contributed by atoms with E-state index in [-0.39, 0.29) is 23.7 Å². The van der Waals surface area contributed by atoms with E-state index in [0.29, 0.717) is 12.5 Å². The number of amides is 1. The monoisotopic (exact) mass is 291 g/mol. The molecule has 2 N–H and O–H groups in total. The molecule has 21 heavy (non-hydrogen) atoms. The number of hydrogen-bond donors (Lipinski definition) is 2. The summed E-state index contributed by atoms with van der Waals surface area (Å²) >= 11 is 0. The number of carbonyl (C=O) groups excluding carboxylic acids is 1. The second kappa shape index (κ2) is 6.12. The summed E-state index contributed by atoms with van der Waals surface area (Å²) in [5.41, 5.74) is 7.17. The minimum Gasteiger partial charge on any atom is -0.342 e. The van der Waals surface area contributed by atoms with Gasteiger partial charge in [-0.15, -0.1) is 0 Å². The van der Waals surface area contributed by atoms with E-state index in [2.05, 4.69) is 17.8 Å². The summed E-state index contributed by atoms with van der Waals surface area (Å²) in [6, 6.07) is 6.30. The number of benzene rings is 1. The molecule has 1 aromatic rings. The average molecular weight is 291 g/mol. The number of piperidine rings is 1. The van der Waals surface area contributed by atoms with E-state index < -0.39 is 0 Å². The lowest BCUT2D eigenvalue weighted by molar-refractivity contribution is -0.136. The molecule has 0 bridgehead atoms. The van der Waals surface area contributed by atoms with Crippen molar-refractivity contribution < 1.29 is 9.18 Å². The third-order valence-electron chi connectivity index (χ3n) is 4.62. The van der Waals surface area contributed by atoms with Crippen LogP contribution in [0.1, 0.15) is 31.4 Å². The second-order valence-electron chi connectivity index (χ2n) is 6.17. The standard InChI is InChI=1S/C16H22FN3O/c1-11-6-8-20(9-7-11)16(21)14-10-18-19-15(14)12-2-4-13(17)5-3-12/h2-5,11,14-15,18-19H,6-10H2,1H3. The predicted molar refractivity (Wildman–Crippen MR) is 78.7 cm³/mol. The Morgan fingerprint density at radius 3 is 2.57 bits per heavy atom. The van der Waals surface area contributed by atoms with Crippen LogP contribution in [0.3, 0.4) is 0 Å². The van der Waals surface area contributed by atoms with Crippen molar-refractivity contribution in [2.24, 2.45) is 11.8 Å². The molecule has 2 saturated heterocycles. The average Bonchev–Trinajstić information content (AvgIpc) is 2.97. The summed E-state index contributed by atoms with van der Waals surface area (Å²) in [7, 11) is 0. The number of nitrogens with one attached hydrogen (secondary N) is 2. The molecular formula is C16H22FN3O. The van der Waals surface area contributed by atoms with Gasteiger partial charge < -0.3 is 4.90 Å². The van der Waals surface area contributed by atoms with Crippen LogP contribution in [0.4, 0.5) is 4.39 Å². The Kier molecular flexibility index (Phi) is 4.22. The van der Waals surface area contributed by atoms with E-state index in [1.807, 2.05) is 4.90 Å². The summed E-state index contributed by atoms with van der Waals surface area (Å²) in [5.74, 6) is 0.539. The zero-order chi connectivity index (χ0) is 14.8. The van der Waals surface area contributed by atoms with Crippen molar-refractivity contribution >= 4 is 5.91 Å². The highest BCUT2D eigenvalue weighted by molar-refractivity contribution is 5.80. The third kappa shape index (κ3) is 3.09. The van der Waals surface area contributed by atoms with Gasteiger partial charge in [0.1, 0.15) is 5.82 Å². The fourth-order valence-electron chi connectivity index (χ4n) is 3.18. The van der Waals surface area contributed by atoms with Crippen molar-refractivity contribution in [1.82, 2.24) is 15.8 Å². The maximum atomic E-state index is 13.0. The van der Waals surface area contributed by atoms with Gasteiger partial charge in [0.25, 0.3) is 0 Å². The fourth-order valence-corrected chi connectivity index (χ4v) is 3.18. The fraction of sp³-hybridized carbons (Fsp3) is 0.562. The summed E-state index contributed by atoms with van der Waals surface area (Å²) in [4.78, 5) is 14.7. The highest BCUT2D eigenvalue weighted by atomic mass is 19.1. The number of carbonyl (C=O) groups is 1. The maximum Gasteiger partial charge on any atom is 0.229 e. The van der Waals surface area contributed by atoms with E-state index in [4.69, 9.17) is 0 Å². The molecule has 0 aliphatic carbocycles. The van der Waals surface area contributed by atoms with Gasteiger partial charge in [0.05, 0.1) is 12.0 Å². The van der Waals surface area contributed by atoms with Crippen LogP contribution < -0.4 is 10.9 Å². The van der Waals surface area contributed by atoms with E-state index >= 15 is 0 Å². The van der Waals surface area contributed by atoms with Gasteiger partial charge in [-0.25, -0.2) is 9.82 Å². The molecule has 2 fully saturated rings. The van der Waals surface area contributed by atoms with Crippen molar-refractivity contribution in [2.45, 2.75) is 25.8 Å². The van der Waals surface area contributed by atoms with Gasteiger partial charge >= 0.3 is 0 Å². The first-order chi connectivity index (χ1) is 10.1. The summed E-state index contributed by atoms with van der Waals surface area (Å²) in [5, 5.41) is 0. The minimum atomic E-state index is -0.252. The molecule has 2 aliphatic rings. The topological polar surface area (TPSA) is 44.4 Å². The lowest BCUT2D eigenvalue weighted by Gasteiger charge is -2.33. The molecule has 1 amide bonds. The van der Waals surface area contributed by atoms with Gasteiger partial charge in [-0.3, -0.25) is 10.2 Å². The molecule has 0 saturated carbocycles. The molecule has 2 atom stereocenters. The van der Waals surface area contributed by atoms with Crippen LogP contribution in [0, 0.1) is 17.7 Å². The largest absolute Gasteiger partial charge is 0.342 e. The Morgan fingerprint density at radius 2 is 1.90 bits per heavy atom. The molecular weight excluding hydrogens is 269 g/mol. The quantitative estimate of drug-likeness (QED) is 0.874. The Morgan fingerprint density at radius 1 is 1.24 bits per heavy atom. The van der Waals surface area contributed by atoms with Crippen molar-refractivity contribution in [3.8, 4) is 0 Å². The van der Waals surface area contributed by atoms with Gasteiger partial charge in [-0.05, 0) is 36.5 Å². The highest BCUT2D eigenvalue weighted by Crippen LogP contribution is 2.28. The maximum absolute atomic E-state index is 13.0. The SMILES string of the molecule is CC1CCN(C(=O)C2CNNC2c2ccc(F)cc2)CC1. The smallest absolute Gasteiger partial charge is 0.229 e. The van der Waals surface area contributed by atoms with Crippen LogP contribution in [0.15, 0.2) is 24.3 Å². The molecule has 2 heterocycles. The molecule has 0 radical (unpaired) electrons. The predicted octanol–water partition coefficient (Wildman–Crippen LogP) is 1.85. The summed E-state index contributed by atoms with van der Waals surface area (Å²) < 4.78 is 13.0. The first-order valence-corrected chi connectivity index (χ1v) is 7.68. The Bertz CT molecular complexity index is 497. The number of hydrogen-bond acceptors (Lipinski definition) is 3.